The lowest BCUT2D eigenvalue weighted by molar-refractivity contribution is 0.0930. The van der Waals surface area contributed by atoms with E-state index in [1.54, 1.807) is 48.5 Å². The molecule has 1 heterocycles. The maximum Gasteiger partial charge on any atom is 0.273 e. The van der Waals surface area contributed by atoms with E-state index in [1.165, 1.54) is 6.20 Å². The standard InChI is InChI=1S/C24H24ClN3O4S/c1-2-9-27-33(31,32)20-7-6-15-12-19(13-17(15)14-20)28-24(30)22-23(29)21(8-10-26-22)16-4-3-5-18(25)11-16/h3-8,10-11,14,19,27,29H,2,9,12-13H2,1H3,(H,28,30). The van der Waals surface area contributed by atoms with Gasteiger partial charge in [-0.2, -0.15) is 0 Å². The van der Waals surface area contributed by atoms with E-state index in [9.17, 15) is 18.3 Å². The van der Waals surface area contributed by atoms with Gasteiger partial charge in [0.2, 0.25) is 10.0 Å². The molecule has 1 atom stereocenters. The number of halogens is 1. The van der Waals surface area contributed by atoms with Crippen LogP contribution in [-0.2, 0) is 22.9 Å². The summed E-state index contributed by atoms with van der Waals surface area (Å²) in [5, 5.41) is 14.1. The van der Waals surface area contributed by atoms with Crippen LogP contribution in [0.25, 0.3) is 11.1 Å². The Hall–Kier alpha value is -2.94. The summed E-state index contributed by atoms with van der Waals surface area (Å²) in [7, 11) is -3.56. The molecule has 1 amide bonds. The Labute approximate surface area is 197 Å². The van der Waals surface area contributed by atoms with Crippen molar-refractivity contribution in [2.45, 2.75) is 37.1 Å². The number of sulfonamides is 1. The van der Waals surface area contributed by atoms with Gasteiger partial charge in [0.15, 0.2) is 11.4 Å². The van der Waals surface area contributed by atoms with Gasteiger partial charge in [-0.3, -0.25) is 4.79 Å². The van der Waals surface area contributed by atoms with Gasteiger partial charge in [-0.25, -0.2) is 18.1 Å². The zero-order valence-corrected chi connectivity index (χ0v) is 19.6. The minimum atomic E-state index is -3.56. The number of nitrogens with one attached hydrogen (secondary N) is 2. The number of carbonyl (C=O) groups is 1. The molecule has 7 nitrogen and oxygen atoms in total. The Morgan fingerprint density at radius 2 is 1.94 bits per heavy atom. The topological polar surface area (TPSA) is 108 Å². The fourth-order valence-corrected chi connectivity index (χ4v) is 5.32. The van der Waals surface area contributed by atoms with Crippen molar-refractivity contribution in [2.75, 3.05) is 6.54 Å². The molecule has 0 saturated carbocycles. The molecule has 0 radical (unpaired) electrons. The van der Waals surface area contributed by atoms with Gasteiger partial charge in [0.25, 0.3) is 5.91 Å². The Bertz CT molecular complexity index is 1310. The Morgan fingerprint density at radius 3 is 2.70 bits per heavy atom. The van der Waals surface area contributed by atoms with Crippen LogP contribution in [0.1, 0.15) is 35.0 Å². The monoisotopic (exact) mass is 485 g/mol. The van der Waals surface area contributed by atoms with Crippen LogP contribution < -0.4 is 10.0 Å². The molecule has 2 aromatic carbocycles. The van der Waals surface area contributed by atoms with Crippen LogP contribution in [0.5, 0.6) is 5.75 Å². The lowest BCUT2D eigenvalue weighted by Crippen LogP contribution is -2.35. The third kappa shape index (κ3) is 5.03. The highest BCUT2D eigenvalue weighted by Crippen LogP contribution is 2.32. The van der Waals surface area contributed by atoms with Crippen LogP contribution in [-0.4, -0.2) is 37.0 Å². The van der Waals surface area contributed by atoms with Crippen molar-refractivity contribution in [1.82, 2.24) is 15.0 Å². The number of amides is 1. The lowest BCUT2D eigenvalue weighted by Gasteiger charge is -2.14. The number of fused-ring (bicyclic) bond motifs is 1. The van der Waals surface area contributed by atoms with Crippen LogP contribution in [0.2, 0.25) is 5.02 Å². The summed E-state index contributed by atoms with van der Waals surface area (Å²) in [5.41, 5.74) is 2.93. The molecule has 3 aromatic rings. The average Bonchev–Trinajstić information content (AvgIpc) is 3.19. The minimum Gasteiger partial charge on any atom is -0.505 e. The molecular weight excluding hydrogens is 462 g/mol. The second-order valence-corrected chi connectivity index (χ2v) is 10.2. The maximum absolute atomic E-state index is 12.9. The van der Waals surface area contributed by atoms with Gasteiger partial charge in [0.05, 0.1) is 4.90 Å². The predicted octanol–water partition coefficient (Wildman–Crippen LogP) is 3.69. The van der Waals surface area contributed by atoms with Gasteiger partial charge >= 0.3 is 0 Å². The van der Waals surface area contributed by atoms with E-state index >= 15 is 0 Å². The van der Waals surface area contributed by atoms with Crippen molar-refractivity contribution >= 4 is 27.5 Å². The zero-order valence-electron chi connectivity index (χ0n) is 18.0. The summed E-state index contributed by atoms with van der Waals surface area (Å²) >= 11 is 6.05. The second kappa shape index (κ2) is 9.51. The van der Waals surface area contributed by atoms with Crippen LogP contribution in [0.15, 0.2) is 59.6 Å². The molecule has 0 spiro atoms. The normalized spacial score (nSPS) is 15.3. The molecule has 1 aromatic heterocycles. The first kappa shape index (κ1) is 23.2. The Morgan fingerprint density at radius 1 is 1.15 bits per heavy atom. The van der Waals surface area contributed by atoms with Crippen LogP contribution in [0.3, 0.4) is 0 Å². The number of hydrogen-bond donors (Lipinski definition) is 3. The van der Waals surface area contributed by atoms with Gasteiger partial charge < -0.3 is 10.4 Å². The van der Waals surface area contributed by atoms with E-state index in [2.05, 4.69) is 15.0 Å². The number of nitrogens with zero attached hydrogens (tertiary/aromatic N) is 1. The first-order chi connectivity index (χ1) is 15.8. The highest BCUT2D eigenvalue weighted by Gasteiger charge is 2.27. The Kier molecular flexibility index (Phi) is 6.69. The van der Waals surface area contributed by atoms with Crippen LogP contribution in [0.4, 0.5) is 0 Å². The van der Waals surface area contributed by atoms with Gasteiger partial charge in [-0.15, -0.1) is 0 Å². The highest BCUT2D eigenvalue weighted by molar-refractivity contribution is 7.89. The van der Waals surface area contributed by atoms with E-state index in [1.807, 2.05) is 6.92 Å². The smallest absolute Gasteiger partial charge is 0.273 e. The van der Waals surface area contributed by atoms with Gasteiger partial charge in [-0.1, -0.05) is 36.7 Å². The first-order valence-corrected chi connectivity index (χ1v) is 12.5. The average molecular weight is 486 g/mol. The molecule has 0 fully saturated rings. The molecule has 3 N–H and O–H groups in total. The van der Waals surface area contributed by atoms with Gasteiger partial charge in [-0.05, 0) is 66.3 Å². The van der Waals surface area contributed by atoms with Crippen molar-refractivity contribution in [3.63, 3.8) is 0 Å². The molecule has 0 aliphatic heterocycles. The van der Waals surface area contributed by atoms with Crippen molar-refractivity contribution in [3.05, 3.63) is 76.6 Å². The largest absolute Gasteiger partial charge is 0.505 e. The van der Waals surface area contributed by atoms with Crippen molar-refractivity contribution < 1.29 is 18.3 Å². The summed E-state index contributed by atoms with van der Waals surface area (Å²) in [4.78, 5) is 17.2. The highest BCUT2D eigenvalue weighted by atomic mass is 35.5. The van der Waals surface area contributed by atoms with Gasteiger partial charge in [0, 0.05) is 29.4 Å². The third-order valence-electron chi connectivity index (χ3n) is 5.57. The van der Waals surface area contributed by atoms with E-state index in [4.69, 9.17) is 11.6 Å². The molecule has 33 heavy (non-hydrogen) atoms. The molecule has 172 valence electrons. The number of hydrogen-bond acceptors (Lipinski definition) is 5. The lowest BCUT2D eigenvalue weighted by atomic mass is 10.0. The van der Waals surface area contributed by atoms with Crippen molar-refractivity contribution in [2.24, 2.45) is 0 Å². The molecule has 0 bridgehead atoms. The summed E-state index contributed by atoms with van der Waals surface area (Å²) in [6.45, 7) is 2.28. The maximum atomic E-state index is 12.9. The van der Waals surface area contributed by atoms with E-state index in [-0.39, 0.29) is 22.4 Å². The quantitative estimate of drug-likeness (QED) is 0.473. The number of rotatable bonds is 7. The van der Waals surface area contributed by atoms with Crippen LogP contribution in [0, 0.1) is 0 Å². The fourth-order valence-electron chi connectivity index (χ4n) is 3.95. The molecule has 1 aliphatic rings. The van der Waals surface area contributed by atoms with Crippen LogP contribution >= 0.6 is 11.6 Å². The molecule has 1 aliphatic carbocycles. The number of pyridine rings is 1. The van der Waals surface area contributed by atoms with E-state index in [0.717, 1.165) is 11.1 Å². The summed E-state index contributed by atoms with van der Waals surface area (Å²) < 4.78 is 27.4. The predicted molar refractivity (Wildman–Crippen MR) is 127 cm³/mol. The van der Waals surface area contributed by atoms with E-state index in [0.29, 0.717) is 42.0 Å². The molecule has 1 unspecified atom stereocenters. The number of aromatic hydroxyl groups is 1. The number of carbonyl (C=O) groups excluding carboxylic acids is 1. The van der Waals surface area contributed by atoms with Gasteiger partial charge in [0.1, 0.15) is 0 Å². The fraction of sp³-hybridized carbons (Fsp3) is 0.250. The minimum absolute atomic E-state index is 0.0736. The summed E-state index contributed by atoms with van der Waals surface area (Å²) in [6.07, 6.45) is 3.23. The van der Waals surface area contributed by atoms with Crippen molar-refractivity contribution in [3.8, 4) is 16.9 Å². The third-order valence-corrected chi connectivity index (χ3v) is 7.27. The van der Waals surface area contributed by atoms with E-state index < -0.39 is 15.9 Å². The molecule has 4 rings (SSSR count). The second-order valence-electron chi connectivity index (χ2n) is 7.97. The van der Waals surface area contributed by atoms with Crippen molar-refractivity contribution in [1.29, 1.82) is 0 Å². The summed E-state index contributed by atoms with van der Waals surface area (Å²) in [6, 6.07) is 13.4. The Balaban J connectivity index is 1.50. The molecule has 9 heteroatoms. The zero-order chi connectivity index (χ0) is 23.6. The first-order valence-electron chi connectivity index (χ1n) is 10.6. The number of benzene rings is 2. The molecule has 0 saturated heterocycles. The summed E-state index contributed by atoms with van der Waals surface area (Å²) in [5.74, 6) is -0.713. The molecular formula is C24H24ClN3O4S. The number of aromatic nitrogens is 1. The SMILES string of the molecule is CCCNS(=O)(=O)c1ccc2c(c1)CC(NC(=O)c1nccc(-c3cccc(Cl)c3)c1O)C2.